The predicted molar refractivity (Wildman–Crippen MR) is 99.6 cm³/mol. The Bertz CT molecular complexity index is 771. The summed E-state index contributed by atoms with van der Waals surface area (Å²) in [5, 5.41) is 17.1. The molecule has 3 aromatic rings. The second-order valence-corrected chi connectivity index (χ2v) is 6.11. The number of hydrogen-bond donors (Lipinski definition) is 2. The topological polar surface area (TPSA) is 66.2 Å². The van der Waals surface area contributed by atoms with Crippen LogP contribution in [0.4, 0.5) is 8.78 Å². The van der Waals surface area contributed by atoms with E-state index >= 15 is 0 Å². The molecule has 151 valence electrons. The molecule has 0 aliphatic rings. The maximum atomic E-state index is 13.0. The standard InChI is InChI=1S/C16H9F2N2.C5H12O2.Ir/c17-13-5-1-11(2-6-13)15-16(20-10-9-19-15)12-3-7-14(18)8-4-12;1-4(6)3-5(2)7;/h1-3,5-10H;4-7H,3H2,1-2H3;/q-1;;. The summed E-state index contributed by atoms with van der Waals surface area (Å²) < 4.78 is 25.9. The quantitative estimate of drug-likeness (QED) is 0.471. The third-order valence-electron chi connectivity index (χ3n) is 3.53. The Balaban J connectivity index is 0.000000425. The Hall–Kier alpha value is -2.05. The van der Waals surface area contributed by atoms with E-state index in [1.165, 1.54) is 24.3 Å². The van der Waals surface area contributed by atoms with Crippen LogP contribution in [0.25, 0.3) is 22.5 Å². The molecule has 1 aromatic heterocycles. The van der Waals surface area contributed by atoms with Crippen molar-refractivity contribution in [1.29, 1.82) is 0 Å². The molecule has 2 atom stereocenters. The molecule has 0 spiro atoms. The molecular weight excluding hydrogens is 542 g/mol. The van der Waals surface area contributed by atoms with Gasteiger partial charge >= 0.3 is 0 Å². The normalized spacial score (nSPS) is 12.2. The van der Waals surface area contributed by atoms with E-state index in [0.717, 1.165) is 5.56 Å². The van der Waals surface area contributed by atoms with Crippen LogP contribution in [0.2, 0.25) is 0 Å². The fourth-order valence-corrected chi connectivity index (χ4v) is 2.40. The molecule has 0 aliphatic carbocycles. The van der Waals surface area contributed by atoms with E-state index in [4.69, 9.17) is 10.2 Å². The van der Waals surface area contributed by atoms with Gasteiger partial charge in [-0.05, 0) is 38.0 Å². The summed E-state index contributed by atoms with van der Waals surface area (Å²) in [6, 6.07) is 13.0. The van der Waals surface area contributed by atoms with Crippen LogP contribution < -0.4 is 0 Å². The molecule has 2 unspecified atom stereocenters. The summed E-state index contributed by atoms with van der Waals surface area (Å²) in [5.41, 5.74) is 2.57. The number of hydrogen-bond acceptors (Lipinski definition) is 4. The van der Waals surface area contributed by atoms with Crippen molar-refractivity contribution in [3.63, 3.8) is 0 Å². The number of rotatable bonds is 4. The van der Waals surface area contributed by atoms with Crippen molar-refractivity contribution in [1.82, 2.24) is 9.97 Å². The average molecular weight is 564 g/mol. The molecule has 1 heterocycles. The second-order valence-electron chi connectivity index (χ2n) is 6.11. The Morgan fingerprint density at radius 1 is 0.857 bits per heavy atom. The summed E-state index contributed by atoms with van der Waals surface area (Å²) in [6.07, 6.45) is 2.84. The molecule has 7 heteroatoms. The number of halogens is 2. The van der Waals surface area contributed by atoms with Crippen LogP contribution in [0.1, 0.15) is 20.3 Å². The summed E-state index contributed by atoms with van der Waals surface area (Å²) in [7, 11) is 0. The first kappa shape index (κ1) is 24.0. The van der Waals surface area contributed by atoms with E-state index in [-0.39, 0.29) is 43.9 Å². The van der Waals surface area contributed by atoms with Crippen LogP contribution in [0.5, 0.6) is 0 Å². The largest absolute Gasteiger partial charge is 0.393 e. The summed E-state index contributed by atoms with van der Waals surface area (Å²) in [6.45, 7) is 3.32. The maximum Gasteiger partial charge on any atom is 0.123 e. The predicted octanol–water partition coefficient (Wildman–Crippen LogP) is 4.02. The van der Waals surface area contributed by atoms with Crippen LogP contribution in [0, 0.1) is 17.7 Å². The van der Waals surface area contributed by atoms with E-state index < -0.39 is 0 Å². The molecule has 4 nitrogen and oxygen atoms in total. The van der Waals surface area contributed by atoms with Gasteiger partial charge in [0.25, 0.3) is 0 Å². The molecule has 0 bridgehead atoms. The summed E-state index contributed by atoms with van der Waals surface area (Å²) in [5.74, 6) is -0.673. The number of aromatic nitrogens is 2. The van der Waals surface area contributed by atoms with Crippen molar-refractivity contribution in [2.75, 3.05) is 0 Å². The Morgan fingerprint density at radius 3 is 1.86 bits per heavy atom. The molecular formula is C21H21F2IrN2O2-. The second kappa shape index (κ2) is 11.7. The zero-order chi connectivity index (χ0) is 19.8. The first-order valence-corrected chi connectivity index (χ1v) is 8.47. The van der Waals surface area contributed by atoms with Crippen molar-refractivity contribution < 1.29 is 39.1 Å². The molecule has 2 N–H and O–H groups in total. The molecule has 0 aliphatic heterocycles. The minimum Gasteiger partial charge on any atom is -0.393 e. The zero-order valence-corrected chi connectivity index (χ0v) is 17.8. The van der Waals surface area contributed by atoms with E-state index in [1.807, 2.05) is 0 Å². The minimum absolute atomic E-state index is 0. The number of benzene rings is 2. The van der Waals surface area contributed by atoms with Crippen LogP contribution in [-0.2, 0) is 20.1 Å². The fourth-order valence-electron chi connectivity index (χ4n) is 2.40. The maximum absolute atomic E-state index is 13.0. The van der Waals surface area contributed by atoms with Gasteiger partial charge in [-0.2, -0.15) is 0 Å². The molecule has 2 aromatic carbocycles. The SMILES string of the molecule is CC(O)CC(C)O.Fc1c[c-]c(-c2nccnc2-c2ccc(F)cc2)cc1.[Ir]. The van der Waals surface area contributed by atoms with Crippen molar-refractivity contribution in [2.24, 2.45) is 0 Å². The smallest absolute Gasteiger partial charge is 0.123 e. The first-order chi connectivity index (χ1) is 12.9. The molecule has 1 radical (unpaired) electrons. The molecule has 3 rings (SSSR count). The molecule has 0 fully saturated rings. The van der Waals surface area contributed by atoms with Crippen molar-refractivity contribution in [3.05, 3.63) is 72.6 Å². The van der Waals surface area contributed by atoms with Crippen LogP contribution >= 0.6 is 0 Å². The molecule has 28 heavy (non-hydrogen) atoms. The van der Waals surface area contributed by atoms with Gasteiger partial charge in [0, 0.05) is 44.0 Å². The molecule has 0 saturated heterocycles. The first-order valence-electron chi connectivity index (χ1n) is 8.47. The van der Waals surface area contributed by atoms with Gasteiger partial charge in [-0.1, -0.05) is 12.1 Å². The van der Waals surface area contributed by atoms with Crippen molar-refractivity contribution in [2.45, 2.75) is 32.5 Å². The number of nitrogens with zero attached hydrogens (tertiary/aromatic N) is 2. The van der Waals surface area contributed by atoms with Crippen molar-refractivity contribution in [3.8, 4) is 22.5 Å². The summed E-state index contributed by atoms with van der Waals surface area (Å²) in [4.78, 5) is 8.55. The fraction of sp³-hybridized carbons (Fsp3) is 0.238. The van der Waals surface area contributed by atoms with Gasteiger partial charge in [0.1, 0.15) is 5.82 Å². The van der Waals surface area contributed by atoms with Crippen molar-refractivity contribution >= 4 is 0 Å². The van der Waals surface area contributed by atoms with Crippen LogP contribution in [0.15, 0.2) is 54.9 Å². The van der Waals surface area contributed by atoms with Gasteiger partial charge < -0.3 is 15.2 Å². The number of aliphatic hydroxyl groups is 2. The van der Waals surface area contributed by atoms with Gasteiger partial charge in [-0.25, -0.2) is 4.39 Å². The third-order valence-corrected chi connectivity index (χ3v) is 3.53. The van der Waals surface area contributed by atoms with Gasteiger partial charge in [0.15, 0.2) is 0 Å². The monoisotopic (exact) mass is 564 g/mol. The van der Waals surface area contributed by atoms with Gasteiger partial charge in [-0.15, -0.1) is 29.8 Å². The van der Waals surface area contributed by atoms with E-state index in [9.17, 15) is 8.78 Å². The van der Waals surface area contributed by atoms with Gasteiger partial charge in [0.05, 0.1) is 17.9 Å². The van der Waals surface area contributed by atoms with E-state index in [0.29, 0.717) is 23.4 Å². The third kappa shape index (κ3) is 7.52. The van der Waals surface area contributed by atoms with E-state index in [2.05, 4.69) is 16.0 Å². The Kier molecular flexibility index (Phi) is 10.0. The van der Waals surface area contributed by atoms with Gasteiger partial charge in [-0.3, -0.25) is 9.37 Å². The Labute approximate surface area is 176 Å². The van der Waals surface area contributed by atoms with Gasteiger partial charge in [0.2, 0.25) is 0 Å². The number of aliphatic hydroxyl groups excluding tert-OH is 2. The average Bonchev–Trinajstić information content (AvgIpc) is 2.62. The zero-order valence-electron chi connectivity index (χ0n) is 15.4. The summed E-state index contributed by atoms with van der Waals surface area (Å²) >= 11 is 0. The van der Waals surface area contributed by atoms with Crippen LogP contribution in [-0.4, -0.2) is 32.4 Å². The minimum atomic E-state index is -0.375. The molecule has 0 saturated carbocycles. The molecule has 0 amide bonds. The Morgan fingerprint density at radius 2 is 1.39 bits per heavy atom. The van der Waals surface area contributed by atoms with Crippen LogP contribution in [0.3, 0.4) is 0 Å². The van der Waals surface area contributed by atoms with E-state index in [1.54, 1.807) is 44.4 Å².